The summed E-state index contributed by atoms with van der Waals surface area (Å²) >= 11 is 0. The van der Waals surface area contributed by atoms with Gasteiger partial charge in [-0.15, -0.1) is 0 Å². The molecule has 1 aliphatic rings. The maximum absolute atomic E-state index is 13.1. The number of hydrogen-bond acceptors (Lipinski definition) is 5. The van der Waals surface area contributed by atoms with Crippen molar-refractivity contribution >= 4 is 15.9 Å². The van der Waals surface area contributed by atoms with Crippen molar-refractivity contribution in [2.75, 3.05) is 13.1 Å². The van der Waals surface area contributed by atoms with Crippen LogP contribution in [0.25, 0.3) is 5.69 Å². The van der Waals surface area contributed by atoms with Crippen LogP contribution < -0.4 is 5.32 Å². The SMILES string of the molecule is CC1CN(S(=O)(=O)c2cccc(C(=O)NCc3ccc(-n4cccn4)cc3)c2)CC(C)O1. The van der Waals surface area contributed by atoms with Crippen LogP contribution in [0.2, 0.25) is 0 Å². The van der Waals surface area contributed by atoms with Gasteiger partial charge in [0.25, 0.3) is 5.91 Å². The second-order valence-corrected chi connectivity index (χ2v) is 9.84. The van der Waals surface area contributed by atoms with Crippen LogP contribution in [-0.2, 0) is 21.3 Å². The number of carbonyl (C=O) groups is 1. The lowest BCUT2D eigenvalue weighted by Gasteiger charge is -2.34. The van der Waals surface area contributed by atoms with Gasteiger partial charge in [-0.1, -0.05) is 18.2 Å². The van der Waals surface area contributed by atoms with Crippen molar-refractivity contribution in [1.29, 1.82) is 0 Å². The zero-order valence-electron chi connectivity index (χ0n) is 18.0. The molecule has 2 unspecified atom stereocenters. The molecular formula is C23H26N4O4S. The molecule has 2 aromatic carbocycles. The van der Waals surface area contributed by atoms with Gasteiger partial charge >= 0.3 is 0 Å². The molecule has 0 saturated carbocycles. The molecular weight excluding hydrogens is 428 g/mol. The molecule has 9 heteroatoms. The summed E-state index contributed by atoms with van der Waals surface area (Å²) in [5, 5.41) is 7.04. The third kappa shape index (κ3) is 4.90. The molecule has 0 aliphatic carbocycles. The van der Waals surface area contributed by atoms with Crippen LogP contribution in [0.15, 0.2) is 71.9 Å². The summed E-state index contributed by atoms with van der Waals surface area (Å²) < 4.78 is 35.0. The number of aromatic nitrogens is 2. The van der Waals surface area contributed by atoms with Crippen molar-refractivity contribution in [2.45, 2.75) is 37.5 Å². The van der Waals surface area contributed by atoms with Crippen molar-refractivity contribution in [3.63, 3.8) is 0 Å². The standard InChI is InChI=1S/C23H26N4O4S/c1-17-15-26(16-18(2)31-17)32(29,30)22-6-3-5-20(13-22)23(28)24-14-19-7-9-21(10-8-19)27-12-4-11-25-27/h3-13,17-18H,14-16H2,1-2H3,(H,24,28). The Morgan fingerprint density at radius 3 is 2.47 bits per heavy atom. The van der Waals surface area contributed by atoms with E-state index in [1.165, 1.54) is 16.4 Å². The maximum atomic E-state index is 13.1. The summed E-state index contributed by atoms with van der Waals surface area (Å²) in [6.45, 7) is 4.61. The normalized spacial score (nSPS) is 19.6. The Hall–Kier alpha value is -3.01. The number of nitrogens with zero attached hydrogens (tertiary/aromatic N) is 3. The third-order valence-corrected chi connectivity index (χ3v) is 7.11. The van der Waals surface area contributed by atoms with E-state index in [2.05, 4.69) is 10.4 Å². The highest BCUT2D eigenvalue weighted by atomic mass is 32.2. The first kappa shape index (κ1) is 22.2. The zero-order valence-corrected chi connectivity index (χ0v) is 18.8. The number of rotatable bonds is 6. The van der Waals surface area contributed by atoms with E-state index < -0.39 is 10.0 Å². The van der Waals surface area contributed by atoms with Crippen molar-refractivity contribution in [2.24, 2.45) is 0 Å². The minimum atomic E-state index is -3.71. The van der Waals surface area contributed by atoms with Gasteiger partial charge in [-0.25, -0.2) is 13.1 Å². The summed E-state index contributed by atoms with van der Waals surface area (Å²) in [5.41, 5.74) is 2.15. The maximum Gasteiger partial charge on any atom is 0.251 e. The lowest BCUT2D eigenvalue weighted by atomic mass is 10.2. The van der Waals surface area contributed by atoms with Crippen molar-refractivity contribution in [1.82, 2.24) is 19.4 Å². The largest absolute Gasteiger partial charge is 0.373 e. The first-order valence-corrected chi connectivity index (χ1v) is 11.9. The van der Waals surface area contributed by atoms with E-state index in [-0.39, 0.29) is 36.1 Å². The highest BCUT2D eigenvalue weighted by Crippen LogP contribution is 2.22. The fourth-order valence-corrected chi connectivity index (χ4v) is 5.38. The zero-order chi connectivity index (χ0) is 22.7. The molecule has 1 aromatic heterocycles. The number of hydrogen-bond donors (Lipinski definition) is 1. The third-order valence-electron chi connectivity index (χ3n) is 5.28. The van der Waals surface area contributed by atoms with E-state index in [1.54, 1.807) is 23.0 Å². The molecule has 3 aromatic rings. The Labute approximate surface area is 187 Å². The minimum Gasteiger partial charge on any atom is -0.373 e. The van der Waals surface area contributed by atoms with E-state index in [9.17, 15) is 13.2 Å². The molecule has 0 radical (unpaired) electrons. The summed E-state index contributed by atoms with van der Waals surface area (Å²) in [6.07, 6.45) is 3.21. The van der Waals surface area contributed by atoms with E-state index in [4.69, 9.17) is 4.74 Å². The van der Waals surface area contributed by atoms with Gasteiger partial charge in [0.05, 0.1) is 22.8 Å². The number of benzene rings is 2. The van der Waals surface area contributed by atoms with Crippen molar-refractivity contribution < 1.29 is 17.9 Å². The predicted octanol–water partition coefficient (Wildman–Crippen LogP) is 2.60. The first-order chi connectivity index (χ1) is 15.3. The van der Waals surface area contributed by atoms with Gasteiger partial charge in [0.1, 0.15) is 0 Å². The average molecular weight is 455 g/mol. The van der Waals surface area contributed by atoms with Crippen molar-refractivity contribution in [3.05, 3.63) is 78.1 Å². The van der Waals surface area contributed by atoms with Gasteiger partial charge in [0.2, 0.25) is 10.0 Å². The first-order valence-electron chi connectivity index (χ1n) is 10.5. The Bertz CT molecular complexity index is 1170. The molecule has 1 aliphatic heterocycles. The van der Waals surface area contributed by atoms with Gasteiger partial charge < -0.3 is 10.1 Å². The van der Waals surface area contributed by atoms with Gasteiger partial charge in [0, 0.05) is 37.6 Å². The summed E-state index contributed by atoms with van der Waals surface area (Å²) in [4.78, 5) is 12.8. The highest BCUT2D eigenvalue weighted by Gasteiger charge is 2.32. The monoisotopic (exact) mass is 454 g/mol. The molecule has 2 heterocycles. The number of ether oxygens (including phenoxy) is 1. The number of morpholine rings is 1. The molecule has 168 valence electrons. The van der Waals surface area contributed by atoms with E-state index in [0.717, 1.165) is 11.3 Å². The Balaban J connectivity index is 1.43. The Morgan fingerprint density at radius 2 is 1.81 bits per heavy atom. The summed E-state index contributed by atoms with van der Waals surface area (Å²) in [5.74, 6) is -0.332. The highest BCUT2D eigenvalue weighted by molar-refractivity contribution is 7.89. The van der Waals surface area contributed by atoms with E-state index in [0.29, 0.717) is 12.1 Å². The Morgan fingerprint density at radius 1 is 1.09 bits per heavy atom. The Kier molecular flexibility index (Phi) is 6.40. The molecule has 1 amide bonds. The molecule has 1 fully saturated rings. The van der Waals surface area contributed by atoms with Crippen LogP contribution in [0, 0.1) is 0 Å². The molecule has 32 heavy (non-hydrogen) atoms. The van der Waals surface area contributed by atoms with Gasteiger partial charge in [-0.2, -0.15) is 9.40 Å². The van der Waals surface area contributed by atoms with Gasteiger partial charge in [-0.3, -0.25) is 4.79 Å². The number of amides is 1. The fraction of sp³-hybridized carbons (Fsp3) is 0.304. The van der Waals surface area contributed by atoms with Gasteiger partial charge in [0.15, 0.2) is 0 Å². The topological polar surface area (TPSA) is 93.5 Å². The molecule has 2 atom stereocenters. The number of sulfonamides is 1. The van der Waals surface area contributed by atoms with Crippen molar-refractivity contribution in [3.8, 4) is 5.69 Å². The van der Waals surface area contributed by atoms with Crippen LogP contribution in [-0.4, -0.2) is 53.7 Å². The molecule has 4 rings (SSSR count). The second kappa shape index (κ2) is 9.23. The van der Waals surface area contributed by atoms with Crippen LogP contribution in [0.3, 0.4) is 0 Å². The van der Waals surface area contributed by atoms with E-state index in [1.807, 2.05) is 50.4 Å². The van der Waals surface area contributed by atoms with Crippen LogP contribution in [0.1, 0.15) is 29.8 Å². The second-order valence-electron chi connectivity index (χ2n) is 7.91. The smallest absolute Gasteiger partial charge is 0.251 e. The van der Waals surface area contributed by atoms with E-state index >= 15 is 0 Å². The molecule has 0 spiro atoms. The number of nitrogens with one attached hydrogen (secondary N) is 1. The van der Waals surface area contributed by atoms with Crippen LogP contribution >= 0.6 is 0 Å². The van der Waals surface area contributed by atoms with Crippen LogP contribution in [0.4, 0.5) is 0 Å². The van der Waals surface area contributed by atoms with Gasteiger partial charge in [-0.05, 0) is 55.8 Å². The average Bonchev–Trinajstić information content (AvgIpc) is 3.32. The number of carbonyl (C=O) groups excluding carboxylic acids is 1. The predicted molar refractivity (Wildman–Crippen MR) is 120 cm³/mol. The molecule has 8 nitrogen and oxygen atoms in total. The molecule has 0 bridgehead atoms. The summed E-state index contributed by atoms with van der Waals surface area (Å²) in [6, 6.07) is 15.7. The quantitative estimate of drug-likeness (QED) is 0.618. The lowest BCUT2D eigenvalue weighted by molar-refractivity contribution is -0.0440. The molecule has 1 saturated heterocycles. The lowest BCUT2D eigenvalue weighted by Crippen LogP contribution is -2.48. The fourth-order valence-electron chi connectivity index (χ4n) is 3.75. The van der Waals surface area contributed by atoms with Crippen LogP contribution in [0.5, 0.6) is 0 Å². The molecule has 1 N–H and O–H groups in total. The summed E-state index contributed by atoms with van der Waals surface area (Å²) in [7, 11) is -3.71. The minimum absolute atomic E-state index is 0.107.